The van der Waals surface area contributed by atoms with Crippen LogP contribution in [0.3, 0.4) is 0 Å². The van der Waals surface area contributed by atoms with Gasteiger partial charge < -0.3 is 15.2 Å². The first-order chi connectivity index (χ1) is 9.75. The SMILES string of the molecule is COc1c(N)cc(S(=O)(=O)N2CC(C)OC(C)C2)cc1F. The normalized spacial score (nSPS) is 24.0. The van der Waals surface area contributed by atoms with E-state index in [9.17, 15) is 12.8 Å². The van der Waals surface area contributed by atoms with Crippen molar-refractivity contribution in [3.63, 3.8) is 0 Å². The number of benzene rings is 1. The number of nitrogens with two attached hydrogens (primary N) is 1. The molecule has 0 radical (unpaired) electrons. The van der Waals surface area contributed by atoms with Crippen LogP contribution in [0.1, 0.15) is 13.8 Å². The van der Waals surface area contributed by atoms with Gasteiger partial charge in [0.1, 0.15) is 0 Å². The van der Waals surface area contributed by atoms with Crippen molar-refractivity contribution in [2.45, 2.75) is 31.0 Å². The predicted molar refractivity (Wildman–Crippen MR) is 76.1 cm³/mol. The van der Waals surface area contributed by atoms with Crippen molar-refractivity contribution in [1.29, 1.82) is 0 Å². The zero-order valence-electron chi connectivity index (χ0n) is 12.2. The molecule has 8 heteroatoms. The van der Waals surface area contributed by atoms with Gasteiger partial charge in [0.05, 0.1) is 29.9 Å². The van der Waals surface area contributed by atoms with E-state index in [0.29, 0.717) is 0 Å². The molecule has 1 aromatic carbocycles. The highest BCUT2D eigenvalue weighted by atomic mass is 32.2. The Hall–Kier alpha value is -1.38. The van der Waals surface area contributed by atoms with Crippen molar-refractivity contribution < 1.29 is 22.3 Å². The summed E-state index contributed by atoms with van der Waals surface area (Å²) < 4.78 is 50.6. The van der Waals surface area contributed by atoms with E-state index >= 15 is 0 Å². The van der Waals surface area contributed by atoms with E-state index in [0.717, 1.165) is 6.07 Å². The Morgan fingerprint density at radius 1 is 1.33 bits per heavy atom. The Morgan fingerprint density at radius 2 is 1.90 bits per heavy atom. The van der Waals surface area contributed by atoms with E-state index < -0.39 is 15.8 Å². The zero-order valence-corrected chi connectivity index (χ0v) is 13.0. The van der Waals surface area contributed by atoms with E-state index in [1.54, 1.807) is 13.8 Å². The number of hydrogen-bond donors (Lipinski definition) is 1. The first-order valence-corrected chi connectivity index (χ1v) is 7.98. The Kier molecular flexibility index (Phi) is 4.40. The average Bonchev–Trinajstić information content (AvgIpc) is 2.37. The highest BCUT2D eigenvalue weighted by Gasteiger charge is 2.33. The lowest BCUT2D eigenvalue weighted by atomic mass is 10.3. The van der Waals surface area contributed by atoms with Crippen LogP contribution in [0.2, 0.25) is 0 Å². The number of nitrogen functional groups attached to an aromatic ring is 1. The van der Waals surface area contributed by atoms with Crippen LogP contribution in [0.15, 0.2) is 17.0 Å². The van der Waals surface area contributed by atoms with Crippen LogP contribution in [-0.4, -0.2) is 45.1 Å². The molecule has 118 valence electrons. The molecule has 1 heterocycles. The van der Waals surface area contributed by atoms with E-state index in [-0.39, 0.29) is 41.6 Å². The molecule has 1 aliphatic rings. The van der Waals surface area contributed by atoms with Crippen LogP contribution in [0.5, 0.6) is 5.75 Å². The summed E-state index contributed by atoms with van der Waals surface area (Å²) in [5.74, 6) is -0.955. The third-order valence-electron chi connectivity index (χ3n) is 3.27. The van der Waals surface area contributed by atoms with Gasteiger partial charge in [-0.25, -0.2) is 12.8 Å². The topological polar surface area (TPSA) is 81.9 Å². The second-order valence-corrected chi connectivity index (χ2v) is 7.04. The third kappa shape index (κ3) is 3.12. The van der Waals surface area contributed by atoms with Gasteiger partial charge in [-0.05, 0) is 26.0 Å². The number of rotatable bonds is 3. The molecule has 0 saturated carbocycles. The van der Waals surface area contributed by atoms with E-state index in [2.05, 4.69) is 0 Å². The number of anilines is 1. The van der Waals surface area contributed by atoms with Crippen molar-refractivity contribution in [3.05, 3.63) is 17.9 Å². The minimum atomic E-state index is -3.82. The Morgan fingerprint density at radius 3 is 2.38 bits per heavy atom. The monoisotopic (exact) mass is 318 g/mol. The van der Waals surface area contributed by atoms with Gasteiger partial charge in [0.15, 0.2) is 11.6 Å². The quantitative estimate of drug-likeness (QED) is 0.847. The second kappa shape index (κ2) is 5.78. The van der Waals surface area contributed by atoms with Crippen LogP contribution >= 0.6 is 0 Å². The van der Waals surface area contributed by atoms with Gasteiger partial charge >= 0.3 is 0 Å². The van der Waals surface area contributed by atoms with Crippen molar-refractivity contribution in [1.82, 2.24) is 4.31 Å². The Bertz CT molecular complexity index is 602. The lowest BCUT2D eigenvalue weighted by Crippen LogP contribution is -2.48. The smallest absolute Gasteiger partial charge is 0.243 e. The van der Waals surface area contributed by atoms with E-state index in [1.807, 2.05) is 0 Å². The molecule has 0 aromatic heterocycles. The summed E-state index contributed by atoms with van der Waals surface area (Å²) in [4.78, 5) is -0.181. The molecule has 2 unspecified atom stereocenters. The first-order valence-electron chi connectivity index (χ1n) is 6.54. The average molecular weight is 318 g/mol. The molecule has 0 amide bonds. The first kappa shape index (κ1) is 16.0. The molecule has 0 aliphatic carbocycles. The third-order valence-corrected chi connectivity index (χ3v) is 5.08. The predicted octanol–water partition coefficient (Wildman–Crippen LogP) is 1.21. The number of halogens is 1. The number of ether oxygens (including phenoxy) is 2. The lowest BCUT2D eigenvalue weighted by Gasteiger charge is -2.34. The number of hydrogen-bond acceptors (Lipinski definition) is 5. The summed E-state index contributed by atoms with van der Waals surface area (Å²) in [5.41, 5.74) is 5.59. The zero-order chi connectivity index (χ0) is 15.8. The summed E-state index contributed by atoms with van der Waals surface area (Å²) in [7, 11) is -2.55. The molecule has 1 fully saturated rings. The highest BCUT2D eigenvalue weighted by molar-refractivity contribution is 7.89. The standard InChI is InChI=1S/C13H19FN2O4S/c1-8-6-16(7-9(2)20-8)21(17,18)10-4-11(14)13(19-3)12(15)5-10/h4-5,8-9H,6-7,15H2,1-3H3. The summed E-state index contributed by atoms with van der Waals surface area (Å²) in [6, 6.07) is 2.14. The maximum atomic E-state index is 13.8. The van der Waals surface area contributed by atoms with Crippen LogP contribution < -0.4 is 10.5 Å². The largest absolute Gasteiger partial charge is 0.492 e. The molecule has 1 aliphatic heterocycles. The van der Waals surface area contributed by atoms with Gasteiger partial charge in [0.25, 0.3) is 0 Å². The van der Waals surface area contributed by atoms with E-state index in [4.69, 9.17) is 15.2 Å². The van der Waals surface area contributed by atoms with Crippen LogP contribution in [0.25, 0.3) is 0 Å². The van der Waals surface area contributed by atoms with Crippen molar-refractivity contribution in [3.8, 4) is 5.75 Å². The van der Waals surface area contributed by atoms with Crippen LogP contribution in [0.4, 0.5) is 10.1 Å². The molecule has 0 bridgehead atoms. The molecule has 0 spiro atoms. The lowest BCUT2D eigenvalue weighted by molar-refractivity contribution is -0.0440. The fraction of sp³-hybridized carbons (Fsp3) is 0.538. The van der Waals surface area contributed by atoms with Crippen molar-refractivity contribution >= 4 is 15.7 Å². The second-order valence-electron chi connectivity index (χ2n) is 5.11. The summed E-state index contributed by atoms with van der Waals surface area (Å²) in [6.45, 7) is 4.03. The highest BCUT2D eigenvalue weighted by Crippen LogP contribution is 2.30. The number of morpholine rings is 1. The maximum Gasteiger partial charge on any atom is 0.243 e. The van der Waals surface area contributed by atoms with Crippen LogP contribution in [-0.2, 0) is 14.8 Å². The van der Waals surface area contributed by atoms with Gasteiger partial charge in [0, 0.05) is 13.1 Å². The molecule has 2 atom stereocenters. The fourth-order valence-electron chi connectivity index (χ4n) is 2.43. The molecular weight excluding hydrogens is 299 g/mol. The van der Waals surface area contributed by atoms with Crippen molar-refractivity contribution in [2.75, 3.05) is 25.9 Å². The number of nitrogens with zero attached hydrogens (tertiary/aromatic N) is 1. The molecule has 1 aromatic rings. The number of methoxy groups -OCH3 is 1. The molecular formula is C13H19FN2O4S. The summed E-state index contributed by atoms with van der Waals surface area (Å²) >= 11 is 0. The van der Waals surface area contributed by atoms with E-state index in [1.165, 1.54) is 17.5 Å². The van der Waals surface area contributed by atoms with Crippen molar-refractivity contribution in [2.24, 2.45) is 0 Å². The van der Waals surface area contributed by atoms with Gasteiger partial charge in [-0.3, -0.25) is 0 Å². The molecule has 2 N–H and O–H groups in total. The maximum absolute atomic E-state index is 13.8. The minimum absolute atomic E-state index is 0.0505. The van der Waals surface area contributed by atoms with Gasteiger partial charge in [-0.15, -0.1) is 0 Å². The molecule has 6 nitrogen and oxygen atoms in total. The van der Waals surface area contributed by atoms with Crippen LogP contribution in [0, 0.1) is 5.82 Å². The number of sulfonamides is 1. The van der Waals surface area contributed by atoms with Gasteiger partial charge in [0.2, 0.25) is 10.0 Å². The Labute approximate surface area is 123 Å². The summed E-state index contributed by atoms with van der Waals surface area (Å²) in [5, 5.41) is 0. The van der Waals surface area contributed by atoms with Gasteiger partial charge in [-0.2, -0.15) is 4.31 Å². The molecule has 1 saturated heterocycles. The minimum Gasteiger partial charge on any atom is -0.492 e. The summed E-state index contributed by atoms with van der Waals surface area (Å²) in [6.07, 6.45) is -0.437. The van der Waals surface area contributed by atoms with Gasteiger partial charge in [-0.1, -0.05) is 0 Å². The Balaban J connectivity index is 2.40. The fourth-order valence-corrected chi connectivity index (χ4v) is 4.07. The molecule has 2 rings (SSSR count). The molecule has 21 heavy (non-hydrogen) atoms.